The van der Waals surface area contributed by atoms with Crippen LogP contribution >= 0.6 is 0 Å². The fourth-order valence-corrected chi connectivity index (χ4v) is 2.74. The van der Waals surface area contributed by atoms with Crippen LogP contribution in [0.3, 0.4) is 0 Å². The summed E-state index contributed by atoms with van der Waals surface area (Å²) in [6, 6.07) is 6.23. The molecule has 19 heavy (non-hydrogen) atoms. The standard InChI is InChI=1S/C15H25N3O/c1-3-12(16)14(13-6-4-5-9-17-13)18-10-7-15(2,19)8-11-18/h4-6,9,12,14,19H,3,7-8,10-11,16H2,1-2H3. The molecule has 0 bridgehead atoms. The van der Waals surface area contributed by atoms with E-state index in [2.05, 4.69) is 16.8 Å². The van der Waals surface area contributed by atoms with Gasteiger partial charge in [0.1, 0.15) is 0 Å². The molecule has 0 radical (unpaired) electrons. The van der Waals surface area contributed by atoms with Gasteiger partial charge in [-0.25, -0.2) is 0 Å². The van der Waals surface area contributed by atoms with E-state index in [-0.39, 0.29) is 12.1 Å². The molecule has 2 heterocycles. The van der Waals surface area contributed by atoms with E-state index in [0.29, 0.717) is 0 Å². The Morgan fingerprint density at radius 1 is 1.42 bits per heavy atom. The van der Waals surface area contributed by atoms with Crippen LogP contribution in [0.5, 0.6) is 0 Å². The summed E-state index contributed by atoms with van der Waals surface area (Å²) < 4.78 is 0. The number of piperidine rings is 1. The zero-order valence-corrected chi connectivity index (χ0v) is 11.9. The summed E-state index contributed by atoms with van der Waals surface area (Å²) in [6.45, 7) is 5.78. The highest BCUT2D eigenvalue weighted by Crippen LogP contribution is 2.30. The Bertz CT molecular complexity index is 384. The minimum Gasteiger partial charge on any atom is -0.390 e. The molecule has 2 unspecified atom stereocenters. The highest BCUT2D eigenvalue weighted by atomic mass is 16.3. The Labute approximate surface area is 115 Å². The number of hydrogen-bond donors (Lipinski definition) is 2. The number of aliphatic hydroxyl groups is 1. The second-order valence-corrected chi connectivity index (χ2v) is 5.80. The predicted octanol–water partition coefficient (Wildman–Crippen LogP) is 1.71. The van der Waals surface area contributed by atoms with Gasteiger partial charge in [0.15, 0.2) is 0 Å². The monoisotopic (exact) mass is 263 g/mol. The summed E-state index contributed by atoms with van der Waals surface area (Å²) in [5, 5.41) is 10.1. The van der Waals surface area contributed by atoms with E-state index in [1.165, 1.54) is 0 Å². The zero-order chi connectivity index (χ0) is 13.9. The fourth-order valence-electron chi connectivity index (χ4n) is 2.74. The molecule has 0 amide bonds. The van der Waals surface area contributed by atoms with Crippen molar-refractivity contribution in [2.45, 2.75) is 50.8 Å². The first-order valence-corrected chi connectivity index (χ1v) is 7.16. The number of hydrogen-bond acceptors (Lipinski definition) is 4. The van der Waals surface area contributed by atoms with Crippen LogP contribution in [-0.4, -0.2) is 39.7 Å². The Balaban J connectivity index is 2.16. The van der Waals surface area contributed by atoms with Crippen molar-refractivity contribution in [2.24, 2.45) is 5.73 Å². The number of rotatable bonds is 4. The molecule has 3 N–H and O–H groups in total. The van der Waals surface area contributed by atoms with Gasteiger partial charge in [0, 0.05) is 25.3 Å². The van der Waals surface area contributed by atoms with Gasteiger partial charge in [0.05, 0.1) is 17.3 Å². The molecule has 0 aromatic carbocycles. The maximum Gasteiger partial charge on any atom is 0.0673 e. The molecule has 1 aromatic heterocycles. The number of likely N-dealkylation sites (tertiary alicyclic amines) is 1. The van der Waals surface area contributed by atoms with E-state index in [0.717, 1.165) is 38.0 Å². The lowest BCUT2D eigenvalue weighted by atomic mass is 9.90. The van der Waals surface area contributed by atoms with Gasteiger partial charge in [-0.1, -0.05) is 13.0 Å². The lowest BCUT2D eigenvalue weighted by Gasteiger charge is -2.41. The van der Waals surface area contributed by atoms with Gasteiger partial charge in [-0.05, 0) is 38.3 Å². The highest BCUT2D eigenvalue weighted by Gasteiger charge is 2.33. The smallest absolute Gasteiger partial charge is 0.0673 e. The molecule has 0 aliphatic carbocycles. The van der Waals surface area contributed by atoms with Crippen molar-refractivity contribution in [3.8, 4) is 0 Å². The summed E-state index contributed by atoms with van der Waals surface area (Å²) in [7, 11) is 0. The Morgan fingerprint density at radius 2 is 2.11 bits per heavy atom. The van der Waals surface area contributed by atoms with Crippen molar-refractivity contribution < 1.29 is 5.11 Å². The molecule has 0 saturated carbocycles. The van der Waals surface area contributed by atoms with Crippen molar-refractivity contribution in [3.63, 3.8) is 0 Å². The van der Waals surface area contributed by atoms with Gasteiger partial charge >= 0.3 is 0 Å². The fraction of sp³-hybridized carbons (Fsp3) is 0.667. The van der Waals surface area contributed by atoms with Crippen LogP contribution in [0, 0.1) is 0 Å². The molecule has 1 aliphatic heterocycles. The lowest BCUT2D eigenvalue weighted by molar-refractivity contribution is -0.0208. The van der Waals surface area contributed by atoms with E-state index in [9.17, 15) is 5.11 Å². The highest BCUT2D eigenvalue weighted by molar-refractivity contribution is 5.12. The number of pyridine rings is 1. The molecule has 1 fully saturated rings. The first-order valence-electron chi connectivity index (χ1n) is 7.16. The Kier molecular flexibility index (Phi) is 4.55. The molecule has 2 atom stereocenters. The number of nitrogens with two attached hydrogens (primary N) is 1. The average Bonchev–Trinajstić information content (AvgIpc) is 2.42. The second kappa shape index (κ2) is 5.99. The van der Waals surface area contributed by atoms with Crippen LogP contribution in [0.2, 0.25) is 0 Å². The molecule has 2 rings (SSSR count). The number of aromatic nitrogens is 1. The van der Waals surface area contributed by atoms with E-state index in [1.54, 1.807) is 0 Å². The van der Waals surface area contributed by atoms with E-state index in [4.69, 9.17) is 5.73 Å². The molecule has 4 heteroatoms. The van der Waals surface area contributed by atoms with E-state index >= 15 is 0 Å². The third-order valence-corrected chi connectivity index (χ3v) is 4.14. The topological polar surface area (TPSA) is 62.4 Å². The summed E-state index contributed by atoms with van der Waals surface area (Å²) in [4.78, 5) is 6.84. The SMILES string of the molecule is CCC(N)C(c1ccccn1)N1CCC(C)(O)CC1. The second-order valence-electron chi connectivity index (χ2n) is 5.80. The maximum absolute atomic E-state index is 10.1. The van der Waals surface area contributed by atoms with Crippen molar-refractivity contribution in [1.29, 1.82) is 0 Å². The molecular formula is C15H25N3O. The van der Waals surface area contributed by atoms with Gasteiger partial charge in [-0.3, -0.25) is 9.88 Å². The van der Waals surface area contributed by atoms with Gasteiger partial charge in [0.25, 0.3) is 0 Å². The van der Waals surface area contributed by atoms with Crippen LogP contribution in [0.15, 0.2) is 24.4 Å². The Hall–Kier alpha value is -0.970. The summed E-state index contributed by atoms with van der Waals surface area (Å²) in [5.74, 6) is 0. The van der Waals surface area contributed by atoms with Crippen LogP contribution in [0.4, 0.5) is 0 Å². The third-order valence-electron chi connectivity index (χ3n) is 4.14. The van der Waals surface area contributed by atoms with Gasteiger partial charge < -0.3 is 10.8 Å². The van der Waals surface area contributed by atoms with Crippen LogP contribution in [-0.2, 0) is 0 Å². The van der Waals surface area contributed by atoms with Gasteiger partial charge in [-0.2, -0.15) is 0 Å². The Morgan fingerprint density at radius 3 is 2.63 bits per heavy atom. The molecule has 0 spiro atoms. The zero-order valence-electron chi connectivity index (χ0n) is 11.9. The summed E-state index contributed by atoms with van der Waals surface area (Å²) in [6.07, 6.45) is 4.35. The van der Waals surface area contributed by atoms with Crippen LogP contribution in [0.1, 0.15) is 44.8 Å². The van der Waals surface area contributed by atoms with E-state index < -0.39 is 5.60 Å². The van der Waals surface area contributed by atoms with E-state index in [1.807, 2.05) is 31.3 Å². The van der Waals surface area contributed by atoms with Crippen molar-refractivity contribution in [2.75, 3.05) is 13.1 Å². The first-order chi connectivity index (χ1) is 9.03. The maximum atomic E-state index is 10.1. The summed E-state index contributed by atoms with van der Waals surface area (Å²) in [5.41, 5.74) is 6.82. The first kappa shape index (κ1) is 14.4. The van der Waals surface area contributed by atoms with Crippen LogP contribution < -0.4 is 5.73 Å². The quantitative estimate of drug-likeness (QED) is 0.868. The van der Waals surface area contributed by atoms with Crippen LogP contribution in [0.25, 0.3) is 0 Å². The predicted molar refractivity (Wildman–Crippen MR) is 76.7 cm³/mol. The van der Waals surface area contributed by atoms with Gasteiger partial charge in [-0.15, -0.1) is 0 Å². The van der Waals surface area contributed by atoms with Crippen molar-refractivity contribution >= 4 is 0 Å². The minimum atomic E-state index is -0.526. The molecular weight excluding hydrogens is 238 g/mol. The van der Waals surface area contributed by atoms with Gasteiger partial charge in [0.2, 0.25) is 0 Å². The van der Waals surface area contributed by atoms with Crippen molar-refractivity contribution in [1.82, 2.24) is 9.88 Å². The normalized spacial score (nSPS) is 22.9. The summed E-state index contributed by atoms with van der Waals surface area (Å²) >= 11 is 0. The molecule has 4 nitrogen and oxygen atoms in total. The third kappa shape index (κ3) is 3.53. The minimum absolute atomic E-state index is 0.0814. The van der Waals surface area contributed by atoms with Crippen molar-refractivity contribution in [3.05, 3.63) is 30.1 Å². The largest absolute Gasteiger partial charge is 0.390 e. The number of nitrogens with zero attached hydrogens (tertiary/aromatic N) is 2. The molecule has 1 aromatic rings. The molecule has 1 aliphatic rings. The molecule has 106 valence electrons. The lowest BCUT2D eigenvalue weighted by Crippen LogP contribution is -2.48. The average molecular weight is 263 g/mol. The molecule has 1 saturated heterocycles.